The number of carboxylic acid groups (broad SMARTS) is 1. The maximum atomic E-state index is 10.9. The van der Waals surface area contributed by atoms with E-state index in [4.69, 9.17) is 10.8 Å². The fourth-order valence-corrected chi connectivity index (χ4v) is 0.978. The third-order valence-corrected chi connectivity index (χ3v) is 2.06. The topological polar surface area (TPSA) is 107 Å². The summed E-state index contributed by atoms with van der Waals surface area (Å²) < 4.78 is 0. The van der Waals surface area contributed by atoms with E-state index in [1.165, 1.54) is 4.80 Å². The van der Waals surface area contributed by atoms with Crippen molar-refractivity contribution >= 4 is 5.97 Å². The van der Waals surface area contributed by atoms with Crippen molar-refractivity contribution in [2.45, 2.75) is 13.3 Å². The number of rotatable bonds is 4. The van der Waals surface area contributed by atoms with E-state index >= 15 is 0 Å². The van der Waals surface area contributed by atoms with Gasteiger partial charge >= 0.3 is 5.97 Å². The highest BCUT2D eigenvalue weighted by molar-refractivity contribution is 5.74. The van der Waals surface area contributed by atoms with Crippen molar-refractivity contribution < 1.29 is 9.90 Å². The van der Waals surface area contributed by atoms with Crippen molar-refractivity contribution in [3.8, 4) is 0 Å². The minimum atomic E-state index is -1.02. The van der Waals surface area contributed by atoms with Gasteiger partial charge in [0.1, 0.15) is 0 Å². The lowest BCUT2D eigenvalue weighted by atomic mass is 9.87. The molecule has 7 heteroatoms. The summed E-state index contributed by atoms with van der Waals surface area (Å²) >= 11 is 0. The number of aryl methyl sites for hydroxylation is 1. The van der Waals surface area contributed by atoms with Gasteiger partial charge in [-0.15, -0.1) is 10.2 Å². The monoisotopic (exact) mass is 199 g/mol. The van der Waals surface area contributed by atoms with Gasteiger partial charge in [-0.2, -0.15) is 4.80 Å². The molecule has 0 aromatic carbocycles. The molecule has 0 aliphatic carbocycles. The van der Waals surface area contributed by atoms with E-state index in [1.54, 1.807) is 14.0 Å². The molecule has 1 rings (SSSR count). The van der Waals surface area contributed by atoms with Crippen LogP contribution in [0.2, 0.25) is 0 Å². The Morgan fingerprint density at radius 1 is 1.71 bits per heavy atom. The summed E-state index contributed by atoms with van der Waals surface area (Å²) in [6.07, 6.45) is 0.187. The van der Waals surface area contributed by atoms with Crippen molar-refractivity contribution in [1.82, 2.24) is 20.2 Å². The van der Waals surface area contributed by atoms with Gasteiger partial charge in [0.25, 0.3) is 0 Å². The van der Waals surface area contributed by atoms with Gasteiger partial charge in [-0.1, -0.05) is 0 Å². The van der Waals surface area contributed by atoms with Crippen molar-refractivity contribution in [1.29, 1.82) is 0 Å². The molecule has 14 heavy (non-hydrogen) atoms. The van der Waals surface area contributed by atoms with Crippen LogP contribution >= 0.6 is 0 Å². The second-order valence-electron chi connectivity index (χ2n) is 3.44. The number of aromatic nitrogens is 4. The van der Waals surface area contributed by atoms with Crippen LogP contribution in [0.4, 0.5) is 0 Å². The van der Waals surface area contributed by atoms with Crippen molar-refractivity contribution in [3.63, 3.8) is 0 Å². The average molecular weight is 199 g/mol. The number of hydrogen-bond donors (Lipinski definition) is 2. The molecular formula is C7H13N5O2. The minimum absolute atomic E-state index is 0.0422. The lowest BCUT2D eigenvalue weighted by Crippen LogP contribution is -2.38. The number of aliphatic carboxylic acids is 1. The molecule has 0 saturated heterocycles. The molecule has 1 unspecified atom stereocenters. The number of carboxylic acids is 1. The Morgan fingerprint density at radius 2 is 2.36 bits per heavy atom. The van der Waals surface area contributed by atoms with E-state index < -0.39 is 11.4 Å². The highest BCUT2D eigenvalue weighted by Crippen LogP contribution is 2.19. The van der Waals surface area contributed by atoms with Gasteiger partial charge in [0.15, 0.2) is 5.82 Å². The first-order chi connectivity index (χ1) is 6.48. The second-order valence-corrected chi connectivity index (χ2v) is 3.44. The summed E-state index contributed by atoms with van der Waals surface area (Å²) in [5.74, 6) is -0.560. The zero-order valence-electron chi connectivity index (χ0n) is 8.14. The molecule has 0 aliphatic heterocycles. The first-order valence-electron chi connectivity index (χ1n) is 4.14. The predicted molar refractivity (Wildman–Crippen MR) is 47.3 cm³/mol. The summed E-state index contributed by atoms with van der Waals surface area (Å²) in [5, 5.41) is 20.2. The zero-order chi connectivity index (χ0) is 10.8. The Morgan fingerprint density at radius 3 is 2.71 bits per heavy atom. The van der Waals surface area contributed by atoms with Crippen molar-refractivity contribution in [3.05, 3.63) is 5.82 Å². The van der Waals surface area contributed by atoms with Crippen molar-refractivity contribution in [2.24, 2.45) is 18.2 Å². The van der Waals surface area contributed by atoms with E-state index in [-0.39, 0.29) is 13.0 Å². The standard InChI is InChI=1S/C7H13N5O2/c1-7(4-8,6(13)14)3-5-9-11-12(2)10-5/h3-4,8H2,1-2H3,(H,13,14). The van der Waals surface area contributed by atoms with E-state index in [0.29, 0.717) is 5.82 Å². The smallest absolute Gasteiger partial charge is 0.311 e. The molecule has 3 N–H and O–H groups in total. The Hall–Kier alpha value is -1.50. The Balaban J connectivity index is 2.80. The first kappa shape index (κ1) is 10.6. The number of hydrogen-bond acceptors (Lipinski definition) is 5. The molecule has 0 saturated carbocycles. The second kappa shape index (κ2) is 3.70. The van der Waals surface area contributed by atoms with E-state index in [2.05, 4.69) is 15.4 Å². The quantitative estimate of drug-likeness (QED) is 0.631. The Bertz CT molecular complexity index is 337. The molecule has 1 aromatic heterocycles. The molecule has 7 nitrogen and oxygen atoms in total. The minimum Gasteiger partial charge on any atom is -0.481 e. The van der Waals surface area contributed by atoms with E-state index in [0.717, 1.165) is 0 Å². The summed E-state index contributed by atoms with van der Waals surface area (Å²) in [5.41, 5.74) is 4.37. The molecule has 1 heterocycles. The van der Waals surface area contributed by atoms with Crippen LogP contribution in [0.15, 0.2) is 0 Å². The van der Waals surface area contributed by atoms with Gasteiger partial charge in [0.05, 0.1) is 12.5 Å². The van der Waals surface area contributed by atoms with Crippen LogP contribution in [0.1, 0.15) is 12.7 Å². The summed E-state index contributed by atoms with van der Waals surface area (Å²) in [4.78, 5) is 12.2. The third kappa shape index (κ3) is 2.05. The third-order valence-electron chi connectivity index (χ3n) is 2.06. The van der Waals surface area contributed by atoms with E-state index in [1.807, 2.05) is 0 Å². The lowest BCUT2D eigenvalue weighted by molar-refractivity contribution is -0.147. The highest BCUT2D eigenvalue weighted by Gasteiger charge is 2.33. The predicted octanol–water partition coefficient (Wildman–Crippen LogP) is -1.20. The fourth-order valence-electron chi connectivity index (χ4n) is 0.978. The van der Waals surface area contributed by atoms with Crippen LogP contribution < -0.4 is 5.73 Å². The van der Waals surface area contributed by atoms with Gasteiger partial charge < -0.3 is 10.8 Å². The Labute approximate surface area is 80.9 Å². The molecule has 0 fully saturated rings. The first-order valence-corrected chi connectivity index (χ1v) is 4.14. The number of nitrogens with two attached hydrogens (primary N) is 1. The lowest BCUT2D eigenvalue weighted by Gasteiger charge is -2.20. The SMILES string of the molecule is Cn1nnc(CC(C)(CN)C(=O)O)n1. The van der Waals surface area contributed by atoms with Gasteiger partial charge in [0, 0.05) is 13.0 Å². The molecule has 0 aliphatic rings. The van der Waals surface area contributed by atoms with Gasteiger partial charge in [0.2, 0.25) is 0 Å². The maximum absolute atomic E-state index is 10.9. The number of carbonyl (C=O) groups is 1. The van der Waals surface area contributed by atoms with Crippen LogP contribution in [0.25, 0.3) is 0 Å². The van der Waals surface area contributed by atoms with Crippen LogP contribution in [0, 0.1) is 5.41 Å². The molecule has 0 spiro atoms. The number of tetrazole rings is 1. The molecule has 1 atom stereocenters. The molecule has 0 amide bonds. The summed E-state index contributed by atoms with van der Waals surface area (Å²) in [6, 6.07) is 0. The van der Waals surface area contributed by atoms with Crippen LogP contribution in [0.5, 0.6) is 0 Å². The molecule has 0 radical (unpaired) electrons. The van der Waals surface area contributed by atoms with E-state index in [9.17, 15) is 4.79 Å². The molecule has 78 valence electrons. The van der Waals surface area contributed by atoms with Gasteiger partial charge in [-0.3, -0.25) is 4.79 Å². The van der Waals surface area contributed by atoms with Crippen LogP contribution in [-0.2, 0) is 18.3 Å². The van der Waals surface area contributed by atoms with Gasteiger partial charge in [-0.05, 0) is 12.1 Å². The molecule has 0 bridgehead atoms. The normalized spacial score (nSPS) is 15.1. The zero-order valence-corrected chi connectivity index (χ0v) is 8.14. The Kier molecular flexibility index (Phi) is 2.80. The van der Waals surface area contributed by atoms with Crippen LogP contribution in [0.3, 0.4) is 0 Å². The highest BCUT2D eigenvalue weighted by atomic mass is 16.4. The summed E-state index contributed by atoms with van der Waals surface area (Å²) in [6.45, 7) is 1.60. The summed E-state index contributed by atoms with van der Waals surface area (Å²) in [7, 11) is 1.62. The fraction of sp³-hybridized carbons (Fsp3) is 0.714. The number of nitrogens with zero attached hydrogens (tertiary/aromatic N) is 4. The van der Waals surface area contributed by atoms with Crippen molar-refractivity contribution in [2.75, 3.05) is 6.54 Å². The average Bonchev–Trinajstić information content (AvgIpc) is 2.50. The van der Waals surface area contributed by atoms with Gasteiger partial charge in [-0.25, -0.2) is 0 Å². The molecular weight excluding hydrogens is 186 g/mol. The van der Waals surface area contributed by atoms with Crippen LogP contribution in [-0.4, -0.2) is 37.8 Å². The largest absolute Gasteiger partial charge is 0.481 e. The maximum Gasteiger partial charge on any atom is 0.311 e. The molecule has 1 aromatic rings.